The van der Waals surface area contributed by atoms with Crippen LogP contribution in [0.4, 0.5) is 10.8 Å². The number of benzene rings is 2. The highest BCUT2D eigenvalue weighted by molar-refractivity contribution is 7.92. The monoisotopic (exact) mass is 501 g/mol. The molecule has 1 amide bonds. The van der Waals surface area contributed by atoms with Crippen molar-refractivity contribution in [2.75, 3.05) is 17.1 Å². The van der Waals surface area contributed by atoms with E-state index in [2.05, 4.69) is 28.9 Å². The van der Waals surface area contributed by atoms with Gasteiger partial charge < -0.3 is 10.1 Å². The van der Waals surface area contributed by atoms with Gasteiger partial charge in [0, 0.05) is 11.1 Å². The lowest BCUT2D eigenvalue weighted by molar-refractivity contribution is -0.123. The van der Waals surface area contributed by atoms with Gasteiger partial charge in [-0.15, -0.1) is 0 Å². The lowest BCUT2D eigenvalue weighted by atomic mass is 9.96. The Morgan fingerprint density at radius 3 is 2.29 bits per heavy atom. The maximum atomic E-state index is 13.3. The summed E-state index contributed by atoms with van der Waals surface area (Å²) >= 11 is 1.30. The lowest BCUT2D eigenvalue weighted by Gasteiger charge is -2.15. The number of hydrogen-bond acceptors (Lipinski definition) is 6. The molecule has 0 atom stereocenters. The van der Waals surface area contributed by atoms with Crippen LogP contribution < -0.4 is 14.8 Å². The fourth-order valence-electron chi connectivity index (χ4n) is 3.18. The molecule has 2 aromatic carbocycles. The van der Waals surface area contributed by atoms with Crippen LogP contribution >= 0.6 is 11.3 Å². The number of carbonyl (C=O) groups excluding carboxylic acids is 1. The minimum Gasteiger partial charge on any atom is -0.495 e. The zero-order chi connectivity index (χ0) is 25.3. The summed E-state index contributed by atoms with van der Waals surface area (Å²) in [5.74, 6) is 0.445. The van der Waals surface area contributed by atoms with Crippen LogP contribution in [0, 0.1) is 12.3 Å². The van der Waals surface area contributed by atoms with Crippen molar-refractivity contribution in [2.45, 2.75) is 52.4 Å². The summed E-state index contributed by atoms with van der Waals surface area (Å²) in [4.78, 5) is 17.6. The molecule has 0 aliphatic carbocycles. The third-order valence-electron chi connectivity index (χ3n) is 5.24. The number of hydrogen-bond donors (Lipinski definition) is 2. The van der Waals surface area contributed by atoms with Crippen molar-refractivity contribution in [1.82, 2.24) is 4.98 Å². The van der Waals surface area contributed by atoms with Crippen molar-refractivity contribution in [1.29, 1.82) is 0 Å². The van der Waals surface area contributed by atoms with Crippen LogP contribution in [0.1, 0.15) is 51.8 Å². The summed E-state index contributed by atoms with van der Waals surface area (Å²) in [6.45, 7) is 11.5. The Bertz CT molecular complexity index is 1290. The first-order valence-corrected chi connectivity index (χ1v) is 13.2. The molecule has 0 aliphatic heterocycles. The van der Waals surface area contributed by atoms with E-state index in [4.69, 9.17) is 4.74 Å². The maximum Gasteiger partial charge on any atom is 0.265 e. The number of carbonyl (C=O) groups is 1. The van der Waals surface area contributed by atoms with Gasteiger partial charge in [0.25, 0.3) is 10.0 Å². The van der Waals surface area contributed by atoms with E-state index in [1.165, 1.54) is 18.4 Å². The van der Waals surface area contributed by atoms with Crippen LogP contribution in [0.2, 0.25) is 0 Å². The number of aromatic nitrogens is 1. The first-order chi connectivity index (χ1) is 15.8. The second-order valence-electron chi connectivity index (χ2n) is 9.39. The van der Waals surface area contributed by atoms with E-state index >= 15 is 0 Å². The highest BCUT2D eigenvalue weighted by atomic mass is 32.2. The van der Waals surface area contributed by atoms with Crippen molar-refractivity contribution in [3.05, 3.63) is 53.7 Å². The first kappa shape index (κ1) is 25.7. The standard InChI is InChI=1S/C25H31N3O4S2/c1-15(2)17-8-11-19(12-9-17)28-34(30,31)21-14-18(10-13-20(21)32-7)22-16(3)26-24(33-22)27-23(29)25(4,5)6/h8-15,28H,1-7H3,(H,26,27,29). The van der Waals surface area contributed by atoms with Crippen molar-refractivity contribution >= 4 is 38.1 Å². The molecule has 2 N–H and O–H groups in total. The highest BCUT2D eigenvalue weighted by Gasteiger charge is 2.24. The van der Waals surface area contributed by atoms with Crippen molar-refractivity contribution in [3.8, 4) is 16.2 Å². The van der Waals surface area contributed by atoms with Gasteiger partial charge in [-0.1, -0.05) is 58.1 Å². The zero-order valence-corrected chi connectivity index (χ0v) is 22.1. The summed E-state index contributed by atoms with van der Waals surface area (Å²) in [7, 11) is -2.49. The van der Waals surface area contributed by atoms with Gasteiger partial charge in [0.2, 0.25) is 5.91 Å². The Morgan fingerprint density at radius 2 is 1.74 bits per heavy atom. The Labute approximate surface area is 205 Å². The Hall–Kier alpha value is -2.91. The van der Waals surface area contributed by atoms with Crippen molar-refractivity contribution in [2.24, 2.45) is 5.41 Å². The minimum absolute atomic E-state index is 0.0218. The Balaban J connectivity index is 1.95. The Morgan fingerprint density at radius 1 is 1.09 bits per heavy atom. The number of thiazole rings is 1. The van der Waals surface area contributed by atoms with Gasteiger partial charge in [-0.05, 0) is 54.3 Å². The number of anilines is 2. The second kappa shape index (κ2) is 9.76. The molecule has 1 aromatic heterocycles. The van der Waals surface area contributed by atoms with E-state index in [-0.39, 0.29) is 16.6 Å². The van der Waals surface area contributed by atoms with Gasteiger partial charge in [0.05, 0.1) is 17.7 Å². The van der Waals surface area contributed by atoms with Gasteiger partial charge in [0.1, 0.15) is 10.6 Å². The first-order valence-electron chi connectivity index (χ1n) is 10.9. The number of methoxy groups -OCH3 is 1. The van der Waals surface area contributed by atoms with E-state index in [0.29, 0.717) is 28.0 Å². The molecule has 3 rings (SSSR count). The average molecular weight is 502 g/mol. The molecule has 0 saturated heterocycles. The number of amides is 1. The van der Waals surface area contributed by atoms with Gasteiger partial charge in [-0.25, -0.2) is 13.4 Å². The molecule has 182 valence electrons. The number of aryl methyl sites for hydroxylation is 1. The molecule has 3 aromatic rings. The summed E-state index contributed by atoms with van der Waals surface area (Å²) in [5, 5.41) is 3.31. The molecule has 7 nitrogen and oxygen atoms in total. The normalized spacial score (nSPS) is 12.0. The molecule has 0 saturated carbocycles. The molecule has 0 bridgehead atoms. The minimum atomic E-state index is -3.92. The van der Waals surface area contributed by atoms with E-state index in [9.17, 15) is 13.2 Å². The maximum absolute atomic E-state index is 13.3. The van der Waals surface area contributed by atoms with Crippen LogP contribution in [0.5, 0.6) is 5.75 Å². The van der Waals surface area contributed by atoms with Gasteiger partial charge in [0.15, 0.2) is 5.13 Å². The smallest absolute Gasteiger partial charge is 0.265 e. The predicted octanol–water partition coefficient (Wildman–Crippen LogP) is 6.04. The van der Waals surface area contributed by atoms with Crippen LogP contribution in [-0.2, 0) is 14.8 Å². The van der Waals surface area contributed by atoms with Gasteiger partial charge >= 0.3 is 0 Å². The number of nitrogens with one attached hydrogen (secondary N) is 2. The molecule has 34 heavy (non-hydrogen) atoms. The lowest BCUT2D eigenvalue weighted by Crippen LogP contribution is -2.27. The van der Waals surface area contributed by atoms with Crippen molar-refractivity contribution < 1.29 is 17.9 Å². The summed E-state index contributed by atoms with van der Waals surface area (Å²) < 4.78 is 34.5. The highest BCUT2D eigenvalue weighted by Crippen LogP contribution is 2.37. The van der Waals surface area contributed by atoms with E-state index < -0.39 is 15.4 Å². The van der Waals surface area contributed by atoms with Crippen LogP contribution in [0.25, 0.3) is 10.4 Å². The molecular weight excluding hydrogens is 470 g/mol. The molecular formula is C25H31N3O4S2. The number of nitrogens with zero attached hydrogens (tertiary/aromatic N) is 1. The summed E-state index contributed by atoms with van der Waals surface area (Å²) in [6.07, 6.45) is 0. The Kier molecular flexibility index (Phi) is 7.38. The fourth-order valence-corrected chi connectivity index (χ4v) is 5.39. The third kappa shape index (κ3) is 5.77. The van der Waals surface area contributed by atoms with E-state index in [1.807, 2.05) is 39.8 Å². The van der Waals surface area contributed by atoms with Crippen LogP contribution in [0.15, 0.2) is 47.4 Å². The largest absolute Gasteiger partial charge is 0.495 e. The summed E-state index contributed by atoms with van der Waals surface area (Å²) in [5.41, 5.74) is 2.40. The molecule has 0 unspecified atom stereocenters. The number of rotatable bonds is 7. The molecule has 0 fully saturated rings. The van der Waals surface area contributed by atoms with Gasteiger partial charge in [-0.2, -0.15) is 0 Å². The molecule has 0 aliphatic rings. The number of sulfonamides is 1. The molecule has 9 heteroatoms. The average Bonchev–Trinajstić information content (AvgIpc) is 3.12. The molecule has 0 radical (unpaired) electrons. The SMILES string of the molecule is COc1ccc(-c2sc(NC(=O)C(C)(C)C)nc2C)cc1S(=O)(=O)Nc1ccc(C(C)C)cc1. The topological polar surface area (TPSA) is 97.4 Å². The summed E-state index contributed by atoms with van der Waals surface area (Å²) in [6, 6.07) is 12.3. The van der Waals surface area contributed by atoms with Gasteiger partial charge in [-0.3, -0.25) is 9.52 Å². The quantitative estimate of drug-likeness (QED) is 0.412. The number of ether oxygens (including phenoxy) is 1. The van der Waals surface area contributed by atoms with Crippen LogP contribution in [0.3, 0.4) is 0 Å². The predicted molar refractivity (Wildman–Crippen MR) is 138 cm³/mol. The zero-order valence-electron chi connectivity index (χ0n) is 20.5. The van der Waals surface area contributed by atoms with E-state index in [1.54, 1.807) is 30.3 Å². The second-order valence-corrected chi connectivity index (χ2v) is 12.0. The van der Waals surface area contributed by atoms with Crippen molar-refractivity contribution in [3.63, 3.8) is 0 Å². The molecule has 0 spiro atoms. The van der Waals surface area contributed by atoms with Crippen LogP contribution in [-0.4, -0.2) is 26.4 Å². The molecule has 1 heterocycles. The van der Waals surface area contributed by atoms with E-state index in [0.717, 1.165) is 10.4 Å². The fraction of sp³-hybridized carbons (Fsp3) is 0.360. The third-order valence-corrected chi connectivity index (χ3v) is 7.77.